The van der Waals surface area contributed by atoms with E-state index in [0.29, 0.717) is 28.1 Å². The molecule has 0 spiro atoms. The third kappa shape index (κ3) is 7.17. The number of hydrogen-bond donors (Lipinski definition) is 0. The van der Waals surface area contributed by atoms with Gasteiger partial charge in [0.1, 0.15) is 0 Å². The van der Waals surface area contributed by atoms with Gasteiger partial charge in [0, 0.05) is 38.9 Å². The molecule has 8 nitrogen and oxygen atoms in total. The lowest BCUT2D eigenvalue weighted by molar-refractivity contribution is 1.13. The number of rotatable bonds is 7. The third-order valence-electron chi connectivity index (χ3n) is 13.5. The van der Waals surface area contributed by atoms with Gasteiger partial charge in [0.25, 0.3) is 0 Å². The Morgan fingerprint density at radius 2 is 0.750 bits per heavy atom. The second-order valence-corrected chi connectivity index (χ2v) is 17.5. The van der Waals surface area contributed by atoms with Crippen LogP contribution in [-0.2, 0) is 0 Å². The standard InChI is InChI=1S/C64H34N8/c1-68-51-13-5-11-45(30-51)49-18-21-60-55(34-49)56-35-50(46-12-6-14-52(31-46)69-2)19-22-61(56)71(60)59-20-15-42(38-67)29-54(59)53-25-26-70-39-64(53)72-62-23-16-47(43-9-3-7-40(27-43)36-65)32-57(62)58-33-48(17-24-63(58)72)44-10-4-8-41(28-44)37-66/h3-35,39H. The average Bonchev–Trinajstić information content (AvgIpc) is 3.96. The lowest BCUT2D eigenvalue weighted by Crippen LogP contribution is -2.02. The molecule has 8 heteroatoms. The molecule has 0 aliphatic heterocycles. The highest BCUT2D eigenvalue weighted by Gasteiger charge is 2.23. The Labute approximate surface area is 414 Å². The molecule has 0 N–H and O–H groups in total. The molecule has 0 saturated carbocycles. The summed E-state index contributed by atoms with van der Waals surface area (Å²) in [6, 6.07) is 70.9. The van der Waals surface area contributed by atoms with Crippen molar-refractivity contribution < 1.29 is 0 Å². The Hall–Kier alpha value is -10.8. The Morgan fingerprint density at radius 1 is 0.361 bits per heavy atom. The molecule has 0 fully saturated rings. The molecule has 0 radical (unpaired) electrons. The van der Waals surface area contributed by atoms with Crippen molar-refractivity contribution in [1.82, 2.24) is 14.1 Å². The van der Waals surface area contributed by atoms with Crippen molar-refractivity contribution in [3.05, 3.63) is 246 Å². The molecule has 0 saturated heterocycles. The Morgan fingerprint density at radius 3 is 1.18 bits per heavy atom. The first-order valence-corrected chi connectivity index (χ1v) is 23.1. The molecule has 12 aromatic rings. The quantitative estimate of drug-likeness (QED) is 0.149. The largest absolute Gasteiger partial charge is 0.309 e. The van der Waals surface area contributed by atoms with Gasteiger partial charge in [-0.1, -0.05) is 84.9 Å². The van der Waals surface area contributed by atoms with Gasteiger partial charge in [-0.3, -0.25) is 4.98 Å². The molecule has 330 valence electrons. The zero-order valence-electron chi connectivity index (χ0n) is 38.2. The maximum Gasteiger partial charge on any atom is 0.187 e. The van der Waals surface area contributed by atoms with Crippen molar-refractivity contribution >= 4 is 55.0 Å². The summed E-state index contributed by atoms with van der Waals surface area (Å²) in [7, 11) is 0. The summed E-state index contributed by atoms with van der Waals surface area (Å²) in [6.45, 7) is 15.4. The fraction of sp³-hybridized carbons (Fsp3) is 0. The highest BCUT2D eigenvalue weighted by Crippen LogP contribution is 2.44. The predicted octanol–water partition coefficient (Wildman–Crippen LogP) is 16.3. The normalized spacial score (nSPS) is 11.0. The minimum atomic E-state index is 0.497. The minimum Gasteiger partial charge on any atom is -0.309 e. The number of aromatic nitrogens is 3. The van der Waals surface area contributed by atoms with Crippen LogP contribution in [-0.4, -0.2) is 14.1 Å². The van der Waals surface area contributed by atoms with Crippen LogP contribution < -0.4 is 0 Å². The van der Waals surface area contributed by atoms with Crippen molar-refractivity contribution in [3.8, 4) is 85.2 Å². The van der Waals surface area contributed by atoms with Gasteiger partial charge in [-0.15, -0.1) is 0 Å². The summed E-state index contributed by atoms with van der Waals surface area (Å²) in [6.07, 6.45) is 3.67. The summed E-state index contributed by atoms with van der Waals surface area (Å²) in [5.74, 6) is 0. The van der Waals surface area contributed by atoms with Crippen LogP contribution in [0.1, 0.15) is 16.7 Å². The molecular weight excluding hydrogens is 881 g/mol. The third-order valence-corrected chi connectivity index (χ3v) is 13.5. The maximum atomic E-state index is 10.5. The first-order valence-electron chi connectivity index (χ1n) is 23.1. The molecule has 72 heavy (non-hydrogen) atoms. The summed E-state index contributed by atoms with van der Waals surface area (Å²) in [5, 5.41) is 34.1. The zero-order valence-corrected chi connectivity index (χ0v) is 38.2. The van der Waals surface area contributed by atoms with Gasteiger partial charge in [-0.25, -0.2) is 9.69 Å². The highest BCUT2D eigenvalue weighted by molar-refractivity contribution is 6.14. The lowest BCUT2D eigenvalue weighted by Gasteiger charge is -2.18. The minimum absolute atomic E-state index is 0.497. The van der Waals surface area contributed by atoms with Gasteiger partial charge in [0.2, 0.25) is 0 Å². The van der Waals surface area contributed by atoms with Crippen molar-refractivity contribution in [2.75, 3.05) is 0 Å². The van der Waals surface area contributed by atoms with E-state index in [1.807, 2.05) is 115 Å². The Bertz CT molecular complexity index is 4250. The number of hydrogen-bond acceptors (Lipinski definition) is 4. The summed E-state index contributed by atoms with van der Waals surface area (Å²) < 4.78 is 4.50. The van der Waals surface area contributed by atoms with E-state index in [0.717, 1.165) is 111 Å². The van der Waals surface area contributed by atoms with E-state index in [9.17, 15) is 15.8 Å². The number of pyridine rings is 1. The number of benzene rings is 9. The van der Waals surface area contributed by atoms with Crippen LogP contribution in [0.2, 0.25) is 0 Å². The molecule has 0 bridgehead atoms. The zero-order chi connectivity index (χ0) is 48.9. The number of nitriles is 3. The van der Waals surface area contributed by atoms with Crippen molar-refractivity contribution in [2.24, 2.45) is 0 Å². The van der Waals surface area contributed by atoms with E-state index < -0.39 is 0 Å². The number of nitrogens with zero attached hydrogens (tertiary/aromatic N) is 8. The van der Waals surface area contributed by atoms with Gasteiger partial charge >= 0.3 is 0 Å². The molecule has 9 aromatic carbocycles. The topological polar surface area (TPSA) is 103 Å². The molecule has 3 heterocycles. The van der Waals surface area contributed by atoms with E-state index in [4.69, 9.17) is 18.1 Å². The van der Waals surface area contributed by atoms with E-state index in [1.165, 1.54) is 0 Å². The van der Waals surface area contributed by atoms with Crippen LogP contribution >= 0.6 is 0 Å². The summed E-state index contributed by atoms with van der Waals surface area (Å²) >= 11 is 0. The van der Waals surface area contributed by atoms with Crippen LogP contribution in [0, 0.1) is 47.1 Å². The van der Waals surface area contributed by atoms with E-state index in [1.54, 1.807) is 18.3 Å². The molecule has 3 aromatic heterocycles. The summed E-state index contributed by atoms with van der Waals surface area (Å²) in [5.41, 5.74) is 17.4. The number of fused-ring (bicyclic) bond motifs is 6. The van der Waals surface area contributed by atoms with Crippen molar-refractivity contribution in [3.63, 3.8) is 0 Å². The molecular formula is C64H34N8. The fourth-order valence-corrected chi connectivity index (χ4v) is 10.1. The monoisotopic (exact) mass is 914 g/mol. The lowest BCUT2D eigenvalue weighted by atomic mass is 9.99. The van der Waals surface area contributed by atoms with Gasteiger partial charge in [0.05, 0.1) is 87.7 Å². The smallest absolute Gasteiger partial charge is 0.187 e. The SMILES string of the molecule is [C-]#[N+]c1cccc(-c2ccc3c(c2)c2cc(-c4cccc([N+]#[C-])c4)ccc2n3-c2ccc(C#N)cc2-c2ccncc2-n2c3ccc(-c4cccc(C#N)c4)cc3c3cc(-c4cccc(C#N)c4)ccc32)c1. The van der Waals surface area contributed by atoms with Crippen LogP contribution in [0.15, 0.2) is 207 Å². The molecule has 0 unspecified atom stereocenters. The first-order chi connectivity index (χ1) is 35.4. The second-order valence-electron chi connectivity index (χ2n) is 17.5. The van der Waals surface area contributed by atoms with Crippen LogP contribution in [0.25, 0.3) is 120 Å². The molecule has 0 aliphatic rings. The maximum absolute atomic E-state index is 10.5. The van der Waals surface area contributed by atoms with Crippen LogP contribution in [0.3, 0.4) is 0 Å². The Balaban J connectivity index is 1.11. The van der Waals surface area contributed by atoms with Gasteiger partial charge < -0.3 is 9.13 Å². The summed E-state index contributed by atoms with van der Waals surface area (Å²) in [4.78, 5) is 12.2. The molecule has 0 amide bonds. The molecule has 0 atom stereocenters. The van der Waals surface area contributed by atoms with Crippen molar-refractivity contribution in [1.29, 1.82) is 15.8 Å². The van der Waals surface area contributed by atoms with E-state index in [2.05, 4.69) is 110 Å². The van der Waals surface area contributed by atoms with Crippen LogP contribution in [0.5, 0.6) is 0 Å². The van der Waals surface area contributed by atoms with Gasteiger partial charge in [0.15, 0.2) is 11.4 Å². The predicted molar refractivity (Wildman–Crippen MR) is 287 cm³/mol. The first kappa shape index (κ1) is 42.5. The van der Waals surface area contributed by atoms with Crippen LogP contribution in [0.4, 0.5) is 11.4 Å². The van der Waals surface area contributed by atoms with Gasteiger partial charge in [-0.2, -0.15) is 15.8 Å². The Kier molecular flexibility index (Phi) is 10.3. The van der Waals surface area contributed by atoms with Crippen molar-refractivity contribution in [2.45, 2.75) is 0 Å². The fourth-order valence-electron chi connectivity index (χ4n) is 10.1. The van der Waals surface area contributed by atoms with E-state index >= 15 is 0 Å². The van der Waals surface area contributed by atoms with Gasteiger partial charge in [-0.05, 0) is 154 Å². The molecule has 0 aliphatic carbocycles. The average molecular weight is 915 g/mol. The molecule has 12 rings (SSSR count). The second kappa shape index (κ2) is 17.4. The highest BCUT2D eigenvalue weighted by atomic mass is 15.0. The van der Waals surface area contributed by atoms with E-state index in [-0.39, 0.29) is 0 Å².